The first-order valence-electron chi connectivity index (χ1n) is 8.32. The van der Waals surface area contributed by atoms with Crippen LogP contribution in [0.3, 0.4) is 0 Å². The Morgan fingerprint density at radius 3 is 2.50 bits per heavy atom. The molecule has 0 unspecified atom stereocenters. The Bertz CT molecular complexity index is 887. The number of alkyl halides is 3. The van der Waals surface area contributed by atoms with E-state index in [2.05, 4.69) is 5.32 Å². The Balaban J connectivity index is 1.72. The lowest BCUT2D eigenvalue weighted by Gasteiger charge is -2.38. The largest absolute Gasteiger partial charge is 0.478 e. The molecule has 26 heavy (non-hydrogen) atoms. The molecule has 4 rings (SSSR count). The number of nitrogens with one attached hydrogen (secondary N) is 1. The van der Waals surface area contributed by atoms with Crippen molar-refractivity contribution < 1.29 is 23.1 Å². The average Bonchev–Trinajstić information content (AvgIpc) is 3.10. The van der Waals surface area contributed by atoms with Gasteiger partial charge in [-0.15, -0.1) is 0 Å². The van der Waals surface area contributed by atoms with Crippen molar-refractivity contribution in [3.8, 4) is 0 Å². The van der Waals surface area contributed by atoms with Crippen molar-refractivity contribution in [1.82, 2.24) is 0 Å². The molecule has 2 aromatic carbocycles. The summed E-state index contributed by atoms with van der Waals surface area (Å²) >= 11 is 0. The predicted octanol–water partition coefficient (Wildman–Crippen LogP) is 5.23. The van der Waals surface area contributed by atoms with Gasteiger partial charge in [0.05, 0.1) is 17.2 Å². The molecule has 0 fully saturated rings. The number of fused-ring (bicyclic) bond motifs is 3. The van der Waals surface area contributed by atoms with Crippen LogP contribution < -0.4 is 5.32 Å². The van der Waals surface area contributed by atoms with Gasteiger partial charge in [0.2, 0.25) is 0 Å². The second kappa shape index (κ2) is 5.90. The number of aromatic carboxylic acids is 1. The number of rotatable bonds is 2. The first-order valence-corrected chi connectivity index (χ1v) is 8.32. The summed E-state index contributed by atoms with van der Waals surface area (Å²) in [7, 11) is 0. The Morgan fingerprint density at radius 1 is 1.12 bits per heavy atom. The minimum Gasteiger partial charge on any atom is -0.478 e. The van der Waals surface area contributed by atoms with Gasteiger partial charge >= 0.3 is 12.1 Å². The van der Waals surface area contributed by atoms with Crippen LogP contribution >= 0.6 is 0 Å². The first-order chi connectivity index (χ1) is 12.3. The number of allylic oxidation sites excluding steroid dienone is 2. The minimum absolute atomic E-state index is 0.0814. The maximum Gasteiger partial charge on any atom is 0.416 e. The summed E-state index contributed by atoms with van der Waals surface area (Å²) in [5, 5.41) is 12.4. The fourth-order valence-corrected chi connectivity index (χ4v) is 3.93. The lowest BCUT2D eigenvalue weighted by atomic mass is 9.76. The van der Waals surface area contributed by atoms with E-state index < -0.39 is 17.7 Å². The van der Waals surface area contributed by atoms with Crippen LogP contribution in [0.15, 0.2) is 54.6 Å². The van der Waals surface area contributed by atoms with Crippen LogP contribution in [0.25, 0.3) is 0 Å². The third-order valence-corrected chi connectivity index (χ3v) is 5.21. The number of hydrogen-bond donors (Lipinski definition) is 2. The van der Waals surface area contributed by atoms with Crippen LogP contribution in [0.1, 0.15) is 45.4 Å². The lowest BCUT2D eigenvalue weighted by Crippen LogP contribution is -2.29. The molecule has 2 N–H and O–H groups in total. The van der Waals surface area contributed by atoms with Crippen molar-refractivity contribution >= 4 is 11.7 Å². The molecule has 0 amide bonds. The molecule has 134 valence electrons. The number of carboxylic acids is 1. The number of benzene rings is 2. The molecule has 2 aromatic rings. The van der Waals surface area contributed by atoms with Crippen LogP contribution in [0.4, 0.5) is 18.9 Å². The van der Waals surface area contributed by atoms with E-state index in [-0.39, 0.29) is 23.4 Å². The highest BCUT2D eigenvalue weighted by atomic mass is 19.4. The molecule has 0 bridgehead atoms. The molecule has 0 saturated heterocycles. The van der Waals surface area contributed by atoms with Crippen LogP contribution in [0.2, 0.25) is 0 Å². The molecule has 2 aliphatic rings. The second-order valence-corrected chi connectivity index (χ2v) is 6.70. The summed E-state index contributed by atoms with van der Waals surface area (Å²) in [5.74, 6) is -0.974. The van der Waals surface area contributed by atoms with Crippen molar-refractivity contribution in [3.05, 3.63) is 76.9 Å². The van der Waals surface area contributed by atoms with Crippen molar-refractivity contribution in [2.45, 2.75) is 24.6 Å². The Kier molecular flexibility index (Phi) is 3.79. The maximum absolute atomic E-state index is 13.1. The highest BCUT2D eigenvalue weighted by molar-refractivity contribution is 5.87. The summed E-state index contributed by atoms with van der Waals surface area (Å²) in [6.07, 6.45) is 0.378. The minimum atomic E-state index is -4.36. The second-order valence-electron chi connectivity index (χ2n) is 6.70. The average molecular weight is 359 g/mol. The standard InChI is InChI=1S/C20H16F3NO2/c21-20(22,23)13-8-9-17-16(10-13)14-2-1-3-15(14)18(24-17)11-4-6-12(7-5-11)19(25)26/h1-2,4-10,14-15,18,24H,3H2,(H,25,26)/t14-,15-,18-/m0/s1. The molecule has 1 aliphatic heterocycles. The quantitative estimate of drug-likeness (QED) is 0.722. The number of hydrogen-bond acceptors (Lipinski definition) is 2. The molecule has 0 radical (unpaired) electrons. The third-order valence-electron chi connectivity index (χ3n) is 5.21. The molecular formula is C20H16F3NO2. The Morgan fingerprint density at radius 2 is 1.85 bits per heavy atom. The molecule has 3 atom stereocenters. The summed E-state index contributed by atoms with van der Waals surface area (Å²) in [5.41, 5.74) is 1.86. The van der Waals surface area contributed by atoms with Crippen LogP contribution in [-0.2, 0) is 6.18 Å². The zero-order valence-corrected chi connectivity index (χ0v) is 13.6. The molecular weight excluding hydrogens is 343 g/mol. The molecule has 1 aliphatic carbocycles. The molecule has 1 heterocycles. The van der Waals surface area contributed by atoms with Crippen molar-refractivity contribution in [3.63, 3.8) is 0 Å². The van der Waals surface area contributed by atoms with E-state index in [4.69, 9.17) is 5.11 Å². The summed E-state index contributed by atoms with van der Waals surface area (Å²) in [4.78, 5) is 11.0. The van der Waals surface area contributed by atoms with E-state index in [9.17, 15) is 18.0 Å². The smallest absolute Gasteiger partial charge is 0.416 e. The number of carbonyl (C=O) groups is 1. The Labute approximate surface area is 148 Å². The highest BCUT2D eigenvalue weighted by Gasteiger charge is 2.39. The summed E-state index contributed by atoms with van der Waals surface area (Å²) in [6, 6.07) is 10.4. The van der Waals surface area contributed by atoms with E-state index in [0.717, 1.165) is 18.1 Å². The summed E-state index contributed by atoms with van der Waals surface area (Å²) < 4.78 is 39.2. The van der Waals surface area contributed by atoms with Gasteiger partial charge in [0.15, 0.2) is 0 Å². The van der Waals surface area contributed by atoms with E-state index in [1.54, 1.807) is 24.3 Å². The molecule has 0 spiro atoms. The van der Waals surface area contributed by atoms with Gasteiger partial charge in [0, 0.05) is 11.6 Å². The van der Waals surface area contributed by atoms with Crippen LogP contribution in [-0.4, -0.2) is 11.1 Å². The molecule has 3 nitrogen and oxygen atoms in total. The molecule has 6 heteroatoms. The topological polar surface area (TPSA) is 49.3 Å². The fraction of sp³-hybridized carbons (Fsp3) is 0.250. The van der Waals surface area contributed by atoms with E-state index in [1.807, 2.05) is 12.2 Å². The van der Waals surface area contributed by atoms with Crippen LogP contribution in [0.5, 0.6) is 0 Å². The normalized spacial score (nSPS) is 23.9. The number of halogens is 3. The SMILES string of the molecule is O=C(O)c1ccc([C@@H]2Nc3ccc(C(F)(F)F)cc3[C@H]3C=CC[C@@H]32)cc1. The van der Waals surface area contributed by atoms with Crippen LogP contribution in [0, 0.1) is 5.92 Å². The van der Waals surface area contributed by atoms with Gasteiger partial charge < -0.3 is 10.4 Å². The predicted molar refractivity (Wildman–Crippen MR) is 91.2 cm³/mol. The molecule has 0 saturated carbocycles. The highest BCUT2D eigenvalue weighted by Crippen LogP contribution is 2.50. The number of anilines is 1. The van der Waals surface area contributed by atoms with Gasteiger partial charge in [-0.1, -0.05) is 24.3 Å². The van der Waals surface area contributed by atoms with Gasteiger partial charge in [-0.2, -0.15) is 13.2 Å². The van der Waals surface area contributed by atoms with Gasteiger partial charge in [-0.3, -0.25) is 0 Å². The zero-order valence-electron chi connectivity index (χ0n) is 13.6. The molecule has 0 aromatic heterocycles. The summed E-state index contributed by atoms with van der Waals surface area (Å²) in [6.45, 7) is 0. The third kappa shape index (κ3) is 2.75. The zero-order chi connectivity index (χ0) is 18.5. The van der Waals surface area contributed by atoms with E-state index in [0.29, 0.717) is 11.3 Å². The van der Waals surface area contributed by atoms with E-state index >= 15 is 0 Å². The van der Waals surface area contributed by atoms with Gasteiger partial charge in [-0.05, 0) is 53.8 Å². The van der Waals surface area contributed by atoms with Gasteiger partial charge in [0.25, 0.3) is 0 Å². The maximum atomic E-state index is 13.1. The fourth-order valence-electron chi connectivity index (χ4n) is 3.93. The van der Waals surface area contributed by atoms with Gasteiger partial charge in [-0.25, -0.2) is 4.79 Å². The monoisotopic (exact) mass is 359 g/mol. The number of carboxylic acid groups (broad SMARTS) is 1. The van der Waals surface area contributed by atoms with Crippen molar-refractivity contribution in [2.75, 3.05) is 5.32 Å². The van der Waals surface area contributed by atoms with Crippen molar-refractivity contribution in [1.29, 1.82) is 0 Å². The Hall–Kier alpha value is -2.76. The van der Waals surface area contributed by atoms with Crippen molar-refractivity contribution in [2.24, 2.45) is 5.92 Å². The van der Waals surface area contributed by atoms with Gasteiger partial charge in [0.1, 0.15) is 0 Å². The van der Waals surface area contributed by atoms with E-state index in [1.165, 1.54) is 12.1 Å². The first kappa shape index (κ1) is 16.7. The lowest BCUT2D eigenvalue weighted by molar-refractivity contribution is -0.137.